The summed E-state index contributed by atoms with van der Waals surface area (Å²) in [6, 6.07) is 6.26. The van der Waals surface area contributed by atoms with Crippen LogP contribution in [0.3, 0.4) is 0 Å². The lowest BCUT2D eigenvalue weighted by Crippen LogP contribution is -2.32. The van der Waals surface area contributed by atoms with Gasteiger partial charge in [-0.15, -0.1) is 11.3 Å². The summed E-state index contributed by atoms with van der Waals surface area (Å²) in [4.78, 5) is 16.6. The highest BCUT2D eigenvalue weighted by Crippen LogP contribution is 2.30. The van der Waals surface area contributed by atoms with Crippen LogP contribution in [-0.4, -0.2) is 22.7 Å². The van der Waals surface area contributed by atoms with Gasteiger partial charge in [0.2, 0.25) is 5.91 Å². The summed E-state index contributed by atoms with van der Waals surface area (Å²) in [7, 11) is 0. The SMILES string of the molecule is CC(C)CCNC(=O)C(C)Sc1nc(-c2ccc(F)cc2)cs1. The lowest BCUT2D eigenvalue weighted by Gasteiger charge is -2.11. The Balaban J connectivity index is 1.90. The number of nitrogens with zero attached hydrogens (tertiary/aromatic N) is 1. The van der Waals surface area contributed by atoms with Gasteiger partial charge in [0.05, 0.1) is 10.9 Å². The van der Waals surface area contributed by atoms with Crippen molar-refractivity contribution in [3.05, 3.63) is 35.5 Å². The molecule has 0 bridgehead atoms. The number of thiazole rings is 1. The number of carbonyl (C=O) groups is 1. The molecule has 0 aliphatic rings. The van der Waals surface area contributed by atoms with Crippen molar-refractivity contribution >= 4 is 29.0 Å². The third-order valence-corrected chi connectivity index (χ3v) is 5.36. The van der Waals surface area contributed by atoms with Crippen molar-refractivity contribution in [2.75, 3.05) is 6.54 Å². The lowest BCUT2D eigenvalue weighted by molar-refractivity contribution is -0.120. The molecule has 23 heavy (non-hydrogen) atoms. The van der Waals surface area contributed by atoms with Crippen LogP contribution in [0.4, 0.5) is 4.39 Å². The van der Waals surface area contributed by atoms with Gasteiger partial charge in [-0.25, -0.2) is 9.37 Å². The monoisotopic (exact) mass is 352 g/mol. The standard InChI is InChI=1S/C17H21FN2OS2/c1-11(2)8-9-19-16(21)12(3)23-17-20-15(10-22-17)13-4-6-14(18)7-5-13/h4-7,10-12H,8-9H2,1-3H3,(H,19,21). The molecule has 1 amide bonds. The number of amides is 1. The quantitative estimate of drug-likeness (QED) is 0.741. The van der Waals surface area contributed by atoms with Crippen molar-refractivity contribution in [1.82, 2.24) is 10.3 Å². The van der Waals surface area contributed by atoms with Gasteiger partial charge in [0.25, 0.3) is 0 Å². The Morgan fingerprint density at radius 2 is 2.00 bits per heavy atom. The fourth-order valence-corrected chi connectivity index (χ4v) is 3.89. The highest BCUT2D eigenvalue weighted by Gasteiger charge is 2.16. The first-order chi connectivity index (χ1) is 11.0. The van der Waals surface area contributed by atoms with Crippen LogP contribution in [0.25, 0.3) is 11.3 Å². The summed E-state index contributed by atoms with van der Waals surface area (Å²) < 4.78 is 13.8. The Hall–Kier alpha value is -1.40. The van der Waals surface area contributed by atoms with Crippen LogP contribution in [0.15, 0.2) is 34.0 Å². The third-order valence-electron chi connectivity index (χ3n) is 3.29. The second kappa shape index (κ2) is 8.45. The van der Waals surface area contributed by atoms with Crippen LogP contribution in [0.2, 0.25) is 0 Å². The number of hydrogen-bond donors (Lipinski definition) is 1. The first kappa shape index (κ1) is 17.9. The summed E-state index contributed by atoms with van der Waals surface area (Å²) in [5.74, 6) is 0.356. The van der Waals surface area contributed by atoms with Crippen LogP contribution >= 0.6 is 23.1 Å². The molecule has 1 atom stereocenters. The van der Waals surface area contributed by atoms with Crippen molar-refractivity contribution in [2.45, 2.75) is 36.8 Å². The number of carbonyl (C=O) groups excluding carboxylic acids is 1. The van der Waals surface area contributed by atoms with E-state index >= 15 is 0 Å². The van der Waals surface area contributed by atoms with E-state index in [4.69, 9.17) is 0 Å². The van der Waals surface area contributed by atoms with Crippen molar-refractivity contribution in [1.29, 1.82) is 0 Å². The summed E-state index contributed by atoms with van der Waals surface area (Å²) in [5.41, 5.74) is 1.69. The summed E-state index contributed by atoms with van der Waals surface area (Å²) in [5, 5.41) is 4.70. The normalized spacial score (nSPS) is 12.4. The number of rotatable bonds is 7. The van der Waals surface area contributed by atoms with Crippen LogP contribution < -0.4 is 5.32 Å². The molecule has 6 heteroatoms. The van der Waals surface area contributed by atoms with E-state index < -0.39 is 0 Å². The molecule has 0 aliphatic carbocycles. The van der Waals surface area contributed by atoms with E-state index in [-0.39, 0.29) is 17.0 Å². The summed E-state index contributed by atoms with van der Waals surface area (Å²) in [6.45, 7) is 6.86. The van der Waals surface area contributed by atoms with Gasteiger partial charge in [0.15, 0.2) is 4.34 Å². The molecule has 2 aromatic rings. The predicted octanol–water partition coefficient (Wildman–Crippen LogP) is 4.59. The molecule has 0 saturated heterocycles. The molecule has 1 N–H and O–H groups in total. The van der Waals surface area contributed by atoms with Gasteiger partial charge in [0.1, 0.15) is 5.82 Å². The van der Waals surface area contributed by atoms with Crippen LogP contribution in [0.1, 0.15) is 27.2 Å². The maximum absolute atomic E-state index is 13.0. The zero-order valence-corrected chi connectivity index (χ0v) is 15.1. The second-order valence-electron chi connectivity index (χ2n) is 5.74. The highest BCUT2D eigenvalue weighted by atomic mass is 32.2. The minimum absolute atomic E-state index is 0.0363. The minimum Gasteiger partial charge on any atom is -0.355 e. The fourth-order valence-electron chi connectivity index (χ4n) is 1.90. The first-order valence-corrected chi connectivity index (χ1v) is 9.37. The van der Waals surface area contributed by atoms with Gasteiger partial charge in [0, 0.05) is 17.5 Å². The van der Waals surface area contributed by atoms with E-state index in [1.54, 1.807) is 12.1 Å². The molecule has 1 aromatic carbocycles. The molecule has 0 radical (unpaired) electrons. The van der Waals surface area contributed by atoms with Crippen molar-refractivity contribution in [3.8, 4) is 11.3 Å². The van der Waals surface area contributed by atoms with E-state index in [2.05, 4.69) is 24.1 Å². The average molecular weight is 352 g/mol. The van der Waals surface area contributed by atoms with Crippen molar-refractivity contribution in [2.24, 2.45) is 5.92 Å². The molecule has 0 fully saturated rings. The molecule has 1 aromatic heterocycles. The lowest BCUT2D eigenvalue weighted by atomic mass is 10.1. The smallest absolute Gasteiger partial charge is 0.233 e. The average Bonchev–Trinajstić information content (AvgIpc) is 2.96. The Bertz CT molecular complexity index is 640. The molecule has 2 rings (SSSR count). The number of benzene rings is 1. The number of hydrogen-bond acceptors (Lipinski definition) is 4. The summed E-state index contributed by atoms with van der Waals surface area (Å²) >= 11 is 2.95. The van der Waals surface area contributed by atoms with E-state index in [1.807, 2.05) is 12.3 Å². The molecule has 124 valence electrons. The van der Waals surface area contributed by atoms with Crippen LogP contribution in [0.5, 0.6) is 0 Å². The molecule has 0 saturated carbocycles. The highest BCUT2D eigenvalue weighted by molar-refractivity contribution is 8.02. The van der Waals surface area contributed by atoms with Crippen LogP contribution in [-0.2, 0) is 4.79 Å². The van der Waals surface area contributed by atoms with Crippen molar-refractivity contribution < 1.29 is 9.18 Å². The minimum atomic E-state index is -0.259. The molecule has 0 aliphatic heterocycles. The van der Waals surface area contributed by atoms with Gasteiger partial charge >= 0.3 is 0 Å². The first-order valence-electron chi connectivity index (χ1n) is 7.61. The zero-order valence-electron chi connectivity index (χ0n) is 13.5. The Kier molecular flexibility index (Phi) is 6.59. The number of halogens is 1. The van der Waals surface area contributed by atoms with Gasteiger partial charge in [-0.2, -0.15) is 0 Å². The third kappa shape index (κ3) is 5.62. The second-order valence-corrected chi connectivity index (χ2v) is 8.19. The fraction of sp³-hybridized carbons (Fsp3) is 0.412. The van der Waals surface area contributed by atoms with Gasteiger partial charge < -0.3 is 5.32 Å². The van der Waals surface area contributed by atoms with E-state index in [1.165, 1.54) is 35.2 Å². The van der Waals surface area contributed by atoms with Gasteiger partial charge in [-0.1, -0.05) is 25.6 Å². The molecular weight excluding hydrogens is 331 g/mol. The molecule has 3 nitrogen and oxygen atoms in total. The topological polar surface area (TPSA) is 42.0 Å². The molecule has 0 spiro atoms. The summed E-state index contributed by atoms with van der Waals surface area (Å²) in [6.07, 6.45) is 0.981. The predicted molar refractivity (Wildman–Crippen MR) is 95.3 cm³/mol. The number of nitrogens with one attached hydrogen (secondary N) is 1. The van der Waals surface area contributed by atoms with Crippen LogP contribution in [0, 0.1) is 11.7 Å². The van der Waals surface area contributed by atoms with Gasteiger partial charge in [-0.05, 0) is 43.5 Å². The maximum atomic E-state index is 13.0. The number of thioether (sulfide) groups is 1. The van der Waals surface area contributed by atoms with E-state index in [0.717, 1.165) is 22.0 Å². The zero-order chi connectivity index (χ0) is 16.8. The van der Waals surface area contributed by atoms with E-state index in [9.17, 15) is 9.18 Å². The Labute approximate surface area is 144 Å². The van der Waals surface area contributed by atoms with Crippen molar-refractivity contribution in [3.63, 3.8) is 0 Å². The largest absolute Gasteiger partial charge is 0.355 e. The number of aromatic nitrogens is 1. The molecule has 1 heterocycles. The molecule has 1 unspecified atom stereocenters. The maximum Gasteiger partial charge on any atom is 0.233 e. The van der Waals surface area contributed by atoms with E-state index in [0.29, 0.717) is 12.5 Å². The Morgan fingerprint density at radius 1 is 1.30 bits per heavy atom. The molecular formula is C17H21FN2OS2. The van der Waals surface area contributed by atoms with Gasteiger partial charge in [-0.3, -0.25) is 4.79 Å². The Morgan fingerprint density at radius 3 is 2.65 bits per heavy atom.